The number of sulfonamides is 1. The molecule has 3 aromatic rings. The molecule has 2 N–H and O–H groups in total. The smallest absolute Gasteiger partial charge is 0.374 e. The van der Waals surface area contributed by atoms with Crippen molar-refractivity contribution in [3.8, 4) is 5.75 Å². The monoisotopic (exact) mass is 613 g/mol. The molecule has 1 aromatic heterocycles. The van der Waals surface area contributed by atoms with Gasteiger partial charge in [-0.2, -0.15) is 0 Å². The third-order valence-electron chi connectivity index (χ3n) is 6.54. The molecule has 1 saturated carbocycles. The third kappa shape index (κ3) is 8.21. The van der Waals surface area contributed by atoms with Gasteiger partial charge in [0.1, 0.15) is 18.9 Å². The van der Waals surface area contributed by atoms with Crippen LogP contribution < -0.4 is 9.88 Å². The summed E-state index contributed by atoms with van der Waals surface area (Å²) in [5.74, 6) is -2.18. The number of aldehydes is 1. The molecule has 2 atom stereocenters. The van der Waals surface area contributed by atoms with Gasteiger partial charge in [-0.25, -0.2) is 27.1 Å². The van der Waals surface area contributed by atoms with Gasteiger partial charge in [0.05, 0.1) is 19.1 Å². The molecule has 0 spiro atoms. The van der Waals surface area contributed by atoms with Crippen LogP contribution in [0.15, 0.2) is 58.0 Å². The van der Waals surface area contributed by atoms with Crippen LogP contribution in [-0.2, 0) is 29.8 Å². The van der Waals surface area contributed by atoms with Crippen LogP contribution in [0, 0.1) is 24.5 Å². The molecule has 41 heavy (non-hydrogen) atoms. The molecule has 5 rings (SSSR count). The molecule has 1 aliphatic carbocycles. The van der Waals surface area contributed by atoms with Crippen LogP contribution in [0.1, 0.15) is 47.4 Å². The number of rotatable bonds is 3. The normalized spacial score (nSPS) is 18.6. The van der Waals surface area contributed by atoms with Gasteiger partial charge in [-0.3, -0.25) is 0 Å². The highest BCUT2D eigenvalue weighted by atomic mass is 35.5. The number of methoxy groups -OCH3 is 1. The number of carbonyl (C=O) groups is 3. The van der Waals surface area contributed by atoms with E-state index in [1.54, 1.807) is 0 Å². The Morgan fingerprint density at radius 1 is 1.10 bits per heavy atom. The molecule has 222 valence electrons. The van der Waals surface area contributed by atoms with E-state index in [1.165, 1.54) is 11.6 Å². The summed E-state index contributed by atoms with van der Waals surface area (Å²) in [5.41, 5.74) is 0.487. The Bertz CT molecular complexity index is 1420. The molecule has 1 unspecified atom stereocenters. The summed E-state index contributed by atoms with van der Waals surface area (Å²) >= 11 is 5.61. The lowest BCUT2D eigenvalue weighted by Gasteiger charge is -2.44. The van der Waals surface area contributed by atoms with Crippen LogP contribution in [0.5, 0.6) is 5.75 Å². The highest BCUT2D eigenvalue weighted by Crippen LogP contribution is 2.50. The molecule has 2 aliphatic rings. The molecule has 1 aliphatic heterocycles. The fourth-order valence-electron chi connectivity index (χ4n) is 4.55. The van der Waals surface area contributed by atoms with Crippen molar-refractivity contribution in [2.24, 2.45) is 11.1 Å². The van der Waals surface area contributed by atoms with E-state index in [0.29, 0.717) is 13.0 Å². The van der Waals surface area contributed by atoms with Gasteiger partial charge in [0.2, 0.25) is 10.9 Å². The van der Waals surface area contributed by atoms with Gasteiger partial charge in [-0.1, -0.05) is 42.1 Å². The minimum absolute atomic E-state index is 0.0347. The quantitative estimate of drug-likeness (QED) is 0.315. The first kappa shape index (κ1) is 33.6. The molecule has 0 saturated heterocycles. The Hall–Kier alpha value is -3.61. The lowest BCUT2D eigenvalue weighted by Crippen LogP contribution is -2.46. The van der Waals surface area contributed by atoms with Crippen LogP contribution in [0.3, 0.4) is 0 Å². The van der Waals surface area contributed by atoms with Crippen LogP contribution in [0.4, 0.5) is 8.78 Å². The minimum atomic E-state index is -3.90. The number of nitrogens with two attached hydrogens (primary N) is 1. The molecule has 13 heteroatoms. The lowest BCUT2D eigenvalue weighted by atomic mass is 9.62. The van der Waals surface area contributed by atoms with Crippen molar-refractivity contribution in [2.45, 2.75) is 43.1 Å². The first-order chi connectivity index (χ1) is 19.4. The van der Waals surface area contributed by atoms with Crippen LogP contribution in [0.2, 0.25) is 5.02 Å². The van der Waals surface area contributed by atoms with E-state index in [1.807, 2.05) is 38.0 Å². The minimum Gasteiger partial charge on any atom is -0.490 e. The van der Waals surface area contributed by atoms with Crippen molar-refractivity contribution in [2.75, 3.05) is 13.7 Å². The fourth-order valence-corrected chi connectivity index (χ4v) is 5.14. The standard InChI is InChI=1S/C14H14F2O2.C7H7Cl.C6H7NO5S.CH2O/c15-10-4-5-11(16)13-12(10)14(8-17)6-2-1-3-9(14)7-18-13;1-6-2-4-7(8)5-3-6;1-11-6(8)4-2-3-5(12-4)13(7,9)10;1-2/h4-5,8-9H,1-3,6-7H2;2-5H,1H3;2-3H,1H3,(H2,7,9,10);1H2/t9-,14?;;;/m1.../s1. The van der Waals surface area contributed by atoms with Crippen LogP contribution >= 0.6 is 11.6 Å². The summed E-state index contributed by atoms with van der Waals surface area (Å²) < 4.78 is 63.4. The Kier molecular flexibility index (Phi) is 12.2. The molecule has 0 bridgehead atoms. The Morgan fingerprint density at radius 2 is 1.73 bits per heavy atom. The Balaban J connectivity index is 0.000000224. The maximum absolute atomic E-state index is 14.0. The highest BCUT2D eigenvalue weighted by Gasteiger charge is 2.49. The third-order valence-corrected chi connectivity index (χ3v) is 7.58. The van der Waals surface area contributed by atoms with Crippen molar-refractivity contribution in [1.29, 1.82) is 0 Å². The predicted octanol–water partition coefficient (Wildman–Crippen LogP) is 5.16. The number of benzene rings is 2. The van der Waals surface area contributed by atoms with E-state index in [4.69, 9.17) is 26.3 Å². The first-order valence-electron chi connectivity index (χ1n) is 12.2. The summed E-state index contributed by atoms with van der Waals surface area (Å²) in [6, 6.07) is 12.1. The molecule has 0 radical (unpaired) electrons. The highest BCUT2D eigenvalue weighted by molar-refractivity contribution is 7.89. The second kappa shape index (κ2) is 14.9. The second-order valence-corrected chi connectivity index (χ2v) is 11.0. The van der Waals surface area contributed by atoms with Crippen molar-refractivity contribution < 1.29 is 45.5 Å². The van der Waals surface area contributed by atoms with Gasteiger partial charge >= 0.3 is 5.97 Å². The first-order valence-corrected chi connectivity index (χ1v) is 14.1. The molecule has 1 fully saturated rings. The molecule has 2 heterocycles. The molecule has 9 nitrogen and oxygen atoms in total. The van der Waals surface area contributed by atoms with Crippen LogP contribution in [-0.4, -0.2) is 41.2 Å². The lowest BCUT2D eigenvalue weighted by molar-refractivity contribution is -0.117. The summed E-state index contributed by atoms with van der Waals surface area (Å²) in [4.78, 5) is 30.4. The van der Waals surface area contributed by atoms with Crippen molar-refractivity contribution >= 4 is 40.7 Å². The summed E-state index contributed by atoms with van der Waals surface area (Å²) in [7, 11) is -2.74. The van der Waals surface area contributed by atoms with Gasteiger partial charge < -0.3 is 23.5 Å². The zero-order chi connectivity index (χ0) is 30.8. The molecular formula is C28H30ClF2NO8S. The second-order valence-electron chi connectivity index (χ2n) is 9.10. The Morgan fingerprint density at radius 3 is 2.27 bits per heavy atom. The van der Waals surface area contributed by atoms with Gasteiger partial charge in [0.15, 0.2) is 11.6 Å². The molecular weight excluding hydrogens is 584 g/mol. The van der Waals surface area contributed by atoms with Crippen LogP contribution in [0.25, 0.3) is 0 Å². The van der Waals surface area contributed by atoms with E-state index in [9.17, 15) is 26.8 Å². The van der Waals surface area contributed by atoms with Crippen molar-refractivity contribution in [1.82, 2.24) is 0 Å². The van der Waals surface area contributed by atoms with E-state index >= 15 is 0 Å². The fraction of sp³-hybridized carbons (Fsp3) is 0.321. The largest absolute Gasteiger partial charge is 0.490 e. The summed E-state index contributed by atoms with van der Waals surface area (Å²) in [6.07, 6.45) is 4.09. The maximum Gasteiger partial charge on any atom is 0.374 e. The maximum atomic E-state index is 14.0. The zero-order valence-corrected chi connectivity index (χ0v) is 24.0. The summed E-state index contributed by atoms with van der Waals surface area (Å²) in [6.45, 7) is 4.34. The number of aryl methyl sites for hydroxylation is 1. The van der Waals surface area contributed by atoms with E-state index in [0.717, 1.165) is 55.9 Å². The van der Waals surface area contributed by atoms with Crippen molar-refractivity contribution in [3.05, 3.63) is 82.1 Å². The SMILES string of the molecule is C=O.COC(=O)c1ccc(S(N)(=O)=O)o1.Cc1ccc(Cl)cc1.O=CC12CCCC[C@@H]1COc1c(F)ccc(F)c12. The van der Waals surface area contributed by atoms with Gasteiger partial charge in [0, 0.05) is 16.5 Å². The number of furan rings is 1. The predicted molar refractivity (Wildman–Crippen MR) is 146 cm³/mol. The van der Waals surface area contributed by atoms with E-state index in [-0.39, 0.29) is 23.0 Å². The number of carbonyl (C=O) groups excluding carboxylic acids is 3. The van der Waals surface area contributed by atoms with E-state index in [2.05, 4.69) is 9.15 Å². The Labute approximate surface area is 241 Å². The number of ether oxygens (including phenoxy) is 2. The number of hydrogen-bond donors (Lipinski definition) is 1. The summed E-state index contributed by atoms with van der Waals surface area (Å²) in [5, 5.41) is 5.07. The number of hydrogen-bond acceptors (Lipinski definition) is 8. The van der Waals surface area contributed by atoms with Gasteiger partial charge in [-0.05, 0) is 56.2 Å². The zero-order valence-electron chi connectivity index (χ0n) is 22.4. The number of primary sulfonamides is 1. The molecule has 2 aromatic carbocycles. The number of halogens is 3. The van der Waals surface area contributed by atoms with Gasteiger partial charge in [-0.15, -0.1) is 0 Å². The van der Waals surface area contributed by atoms with Gasteiger partial charge in [0.25, 0.3) is 10.0 Å². The van der Waals surface area contributed by atoms with E-state index < -0.39 is 38.1 Å². The van der Waals surface area contributed by atoms with Crippen molar-refractivity contribution in [3.63, 3.8) is 0 Å². The topological polar surface area (TPSA) is 143 Å². The average Bonchev–Trinajstić information content (AvgIpc) is 3.49. The number of fused-ring (bicyclic) bond motifs is 3. The number of esters is 1. The average molecular weight is 614 g/mol. The molecule has 0 amide bonds.